The summed E-state index contributed by atoms with van der Waals surface area (Å²) in [4.78, 5) is 16.9. The Morgan fingerprint density at radius 1 is 1.47 bits per heavy atom. The van der Waals surface area contributed by atoms with Gasteiger partial charge in [0.15, 0.2) is 11.4 Å². The van der Waals surface area contributed by atoms with Crippen molar-refractivity contribution in [3.8, 4) is 0 Å². The van der Waals surface area contributed by atoms with Crippen molar-refractivity contribution in [3.63, 3.8) is 0 Å². The summed E-state index contributed by atoms with van der Waals surface area (Å²) in [5.41, 5.74) is 1.06. The molecule has 0 aliphatic rings. The van der Waals surface area contributed by atoms with Gasteiger partial charge in [0, 0.05) is 14.1 Å². The number of hydrogen-bond donors (Lipinski definition) is 0. The van der Waals surface area contributed by atoms with Crippen LogP contribution in [-0.2, 0) is 0 Å². The molecule has 0 aliphatic heterocycles. The normalized spacial score (nSPS) is 10.6. The third-order valence-corrected chi connectivity index (χ3v) is 2.46. The van der Waals surface area contributed by atoms with Gasteiger partial charge in [0.2, 0.25) is 0 Å². The minimum Gasteiger partial charge on any atom is -0.364 e. The molecule has 0 bridgehead atoms. The summed E-state index contributed by atoms with van der Waals surface area (Å²) in [5, 5.41) is 0.235. The van der Waals surface area contributed by atoms with E-state index in [4.69, 9.17) is 11.6 Å². The number of carbonyl (C=O) groups is 1. The van der Waals surface area contributed by atoms with Crippen LogP contribution in [-0.4, -0.2) is 29.8 Å². The molecule has 0 amide bonds. The zero-order chi connectivity index (χ0) is 11.0. The molecule has 0 unspecified atom stereocenters. The van der Waals surface area contributed by atoms with E-state index in [0.29, 0.717) is 11.3 Å². The summed E-state index contributed by atoms with van der Waals surface area (Å²) >= 11 is 5.86. The van der Waals surface area contributed by atoms with E-state index in [2.05, 4.69) is 4.98 Å². The van der Waals surface area contributed by atoms with Gasteiger partial charge in [0.25, 0.3) is 0 Å². The second-order valence-corrected chi connectivity index (χ2v) is 3.74. The molecule has 2 heterocycles. The highest BCUT2D eigenvalue weighted by molar-refractivity contribution is 6.31. The van der Waals surface area contributed by atoms with Crippen LogP contribution in [0.1, 0.15) is 10.5 Å². The molecule has 0 radical (unpaired) electrons. The predicted octanol–water partition coefficient (Wildman–Crippen LogP) is 1.87. The molecular formula is C10H10ClN3O. The van der Waals surface area contributed by atoms with Crippen molar-refractivity contribution in [3.05, 3.63) is 29.0 Å². The Hall–Kier alpha value is -1.55. The Balaban J connectivity index is 2.87. The number of pyridine rings is 1. The maximum Gasteiger partial charge on any atom is 0.170 e. The van der Waals surface area contributed by atoms with Gasteiger partial charge in [-0.2, -0.15) is 0 Å². The van der Waals surface area contributed by atoms with Gasteiger partial charge in [-0.25, -0.2) is 4.98 Å². The van der Waals surface area contributed by atoms with Crippen LogP contribution in [0.3, 0.4) is 0 Å². The van der Waals surface area contributed by atoms with E-state index in [9.17, 15) is 4.79 Å². The Morgan fingerprint density at radius 3 is 2.80 bits per heavy atom. The first kappa shape index (κ1) is 9.98. The number of carbonyl (C=O) groups excluding carboxylic acids is 1. The predicted molar refractivity (Wildman–Crippen MR) is 59.9 cm³/mol. The van der Waals surface area contributed by atoms with Crippen molar-refractivity contribution < 1.29 is 4.79 Å². The third-order valence-electron chi connectivity index (χ3n) is 2.18. The molecule has 0 spiro atoms. The van der Waals surface area contributed by atoms with Gasteiger partial charge < -0.3 is 4.90 Å². The van der Waals surface area contributed by atoms with Crippen molar-refractivity contribution in [2.24, 2.45) is 0 Å². The summed E-state index contributed by atoms with van der Waals surface area (Å²) in [7, 11) is 3.80. The molecule has 4 nitrogen and oxygen atoms in total. The number of aromatic nitrogens is 2. The van der Waals surface area contributed by atoms with E-state index >= 15 is 0 Å². The SMILES string of the molecule is CN(C)c1cccc2nc(Cl)c(C=O)n12. The van der Waals surface area contributed by atoms with Crippen LogP contribution in [0.2, 0.25) is 5.15 Å². The molecule has 0 aromatic carbocycles. The number of hydrogen-bond acceptors (Lipinski definition) is 3. The van der Waals surface area contributed by atoms with E-state index in [1.165, 1.54) is 0 Å². The molecule has 0 atom stereocenters. The van der Waals surface area contributed by atoms with Gasteiger partial charge in [-0.05, 0) is 12.1 Å². The number of aldehydes is 1. The van der Waals surface area contributed by atoms with Crippen LogP contribution in [0.15, 0.2) is 18.2 Å². The highest BCUT2D eigenvalue weighted by atomic mass is 35.5. The molecular weight excluding hydrogens is 214 g/mol. The van der Waals surface area contributed by atoms with Crippen LogP contribution in [0.4, 0.5) is 5.82 Å². The lowest BCUT2D eigenvalue weighted by atomic mass is 10.4. The Bertz CT molecular complexity index is 519. The highest BCUT2D eigenvalue weighted by Crippen LogP contribution is 2.21. The zero-order valence-electron chi connectivity index (χ0n) is 8.44. The van der Waals surface area contributed by atoms with Crippen molar-refractivity contribution in [1.82, 2.24) is 9.38 Å². The van der Waals surface area contributed by atoms with Crippen molar-refractivity contribution in [2.45, 2.75) is 0 Å². The zero-order valence-corrected chi connectivity index (χ0v) is 9.19. The first-order valence-corrected chi connectivity index (χ1v) is 4.82. The lowest BCUT2D eigenvalue weighted by molar-refractivity contribution is 0.111. The van der Waals surface area contributed by atoms with Crippen molar-refractivity contribution in [2.75, 3.05) is 19.0 Å². The molecule has 0 aliphatic carbocycles. The van der Waals surface area contributed by atoms with Crippen LogP contribution < -0.4 is 4.90 Å². The molecule has 0 fully saturated rings. The average Bonchev–Trinajstić information content (AvgIpc) is 2.52. The second kappa shape index (κ2) is 3.55. The fourth-order valence-corrected chi connectivity index (χ4v) is 1.74. The minimum absolute atomic E-state index is 0.235. The summed E-state index contributed by atoms with van der Waals surface area (Å²) in [6, 6.07) is 5.59. The maximum atomic E-state index is 10.9. The van der Waals surface area contributed by atoms with E-state index in [1.807, 2.05) is 37.2 Å². The van der Waals surface area contributed by atoms with Crippen LogP contribution in [0, 0.1) is 0 Å². The maximum absolute atomic E-state index is 10.9. The summed E-state index contributed by atoms with van der Waals surface area (Å²) in [6.45, 7) is 0. The fourth-order valence-electron chi connectivity index (χ4n) is 1.52. The Kier molecular flexibility index (Phi) is 2.36. The highest BCUT2D eigenvalue weighted by Gasteiger charge is 2.12. The standard InChI is InChI=1S/C10H10ClN3O/c1-13(2)9-5-3-4-8-12-10(11)7(6-15)14(8)9/h3-6H,1-2H3. The fraction of sp³-hybridized carbons (Fsp3) is 0.200. The first-order chi connectivity index (χ1) is 7.15. The number of fused-ring (bicyclic) bond motifs is 1. The first-order valence-electron chi connectivity index (χ1n) is 4.44. The molecule has 2 aromatic rings. The molecule has 2 rings (SSSR count). The largest absolute Gasteiger partial charge is 0.364 e. The van der Waals surface area contributed by atoms with Gasteiger partial charge in [-0.3, -0.25) is 9.20 Å². The quantitative estimate of drug-likeness (QED) is 0.730. The van der Waals surface area contributed by atoms with Gasteiger partial charge in [-0.1, -0.05) is 17.7 Å². The topological polar surface area (TPSA) is 37.6 Å². The van der Waals surface area contributed by atoms with Crippen LogP contribution in [0.5, 0.6) is 0 Å². The molecule has 78 valence electrons. The van der Waals surface area contributed by atoms with E-state index in [-0.39, 0.29) is 5.15 Å². The van der Waals surface area contributed by atoms with Gasteiger partial charge in [-0.15, -0.1) is 0 Å². The number of halogens is 1. The molecule has 0 saturated heterocycles. The minimum atomic E-state index is 0.235. The lowest BCUT2D eigenvalue weighted by Crippen LogP contribution is -2.13. The monoisotopic (exact) mass is 223 g/mol. The number of nitrogens with zero attached hydrogens (tertiary/aromatic N) is 3. The number of imidazole rings is 1. The van der Waals surface area contributed by atoms with E-state index < -0.39 is 0 Å². The number of rotatable bonds is 2. The molecule has 2 aromatic heterocycles. The molecule has 0 N–H and O–H groups in total. The summed E-state index contributed by atoms with van der Waals surface area (Å²) < 4.78 is 1.73. The van der Waals surface area contributed by atoms with Gasteiger partial charge in [0.05, 0.1) is 0 Å². The Labute approximate surface area is 92.1 Å². The molecule has 5 heteroatoms. The van der Waals surface area contributed by atoms with Gasteiger partial charge in [0.1, 0.15) is 17.2 Å². The second-order valence-electron chi connectivity index (χ2n) is 3.38. The van der Waals surface area contributed by atoms with E-state index in [0.717, 1.165) is 12.1 Å². The van der Waals surface area contributed by atoms with Gasteiger partial charge >= 0.3 is 0 Å². The Morgan fingerprint density at radius 2 is 2.20 bits per heavy atom. The van der Waals surface area contributed by atoms with E-state index in [1.54, 1.807) is 4.40 Å². The van der Waals surface area contributed by atoms with Crippen LogP contribution >= 0.6 is 11.6 Å². The lowest BCUT2D eigenvalue weighted by Gasteiger charge is -2.14. The average molecular weight is 224 g/mol. The summed E-state index contributed by atoms with van der Waals surface area (Å²) in [5.74, 6) is 0.869. The smallest absolute Gasteiger partial charge is 0.170 e. The van der Waals surface area contributed by atoms with Crippen LogP contribution in [0.25, 0.3) is 5.65 Å². The molecule has 15 heavy (non-hydrogen) atoms. The number of anilines is 1. The van der Waals surface area contributed by atoms with Crippen molar-refractivity contribution >= 4 is 29.4 Å². The molecule has 0 saturated carbocycles. The summed E-state index contributed by atoms with van der Waals surface area (Å²) in [6.07, 6.45) is 0.718. The third kappa shape index (κ3) is 1.47. The van der Waals surface area contributed by atoms with Crippen molar-refractivity contribution in [1.29, 1.82) is 0 Å².